The minimum Gasteiger partial charge on any atom is -0.488 e. The number of hydrogen-bond donors (Lipinski definition) is 1. The Morgan fingerprint density at radius 3 is 2.65 bits per heavy atom. The smallest absolute Gasteiger partial charge is 0.123 e. The topological polar surface area (TPSA) is 21.3 Å². The maximum absolute atomic E-state index is 5.98. The zero-order valence-corrected chi connectivity index (χ0v) is 12.6. The molecule has 0 aliphatic carbocycles. The van der Waals surface area contributed by atoms with Crippen LogP contribution in [0.3, 0.4) is 0 Å². The van der Waals surface area contributed by atoms with Crippen LogP contribution in [-0.2, 0) is 6.42 Å². The van der Waals surface area contributed by atoms with Crippen molar-refractivity contribution in [1.82, 2.24) is 0 Å². The molecule has 104 valence electrons. The van der Waals surface area contributed by atoms with E-state index >= 15 is 0 Å². The molecular weight excluding hydrogens is 293 g/mol. The molecule has 0 saturated carbocycles. The van der Waals surface area contributed by atoms with E-state index in [0.717, 1.165) is 24.4 Å². The Labute approximate surface area is 128 Å². The van der Waals surface area contributed by atoms with Crippen LogP contribution in [0.4, 0.5) is 5.69 Å². The molecule has 2 aromatic rings. The molecule has 1 atom stereocenters. The first-order valence-electron chi connectivity index (χ1n) is 6.56. The minimum atomic E-state index is 0.143. The normalized spacial score (nSPS) is 16.6. The molecule has 0 spiro atoms. The van der Waals surface area contributed by atoms with E-state index in [1.165, 1.54) is 11.1 Å². The van der Waals surface area contributed by atoms with Gasteiger partial charge in [-0.25, -0.2) is 0 Å². The highest BCUT2D eigenvalue weighted by molar-refractivity contribution is 6.35. The summed E-state index contributed by atoms with van der Waals surface area (Å²) in [6, 6.07) is 11.7. The standard InChI is InChI=1S/C16H15Cl2NO/c1-10-2-3-16-11(4-10)5-15(20-16)9-19-14-7-12(17)6-13(18)8-14/h2-4,6-8,15,19H,5,9H2,1H3. The number of benzene rings is 2. The maximum atomic E-state index is 5.98. The summed E-state index contributed by atoms with van der Waals surface area (Å²) in [5, 5.41) is 4.59. The molecule has 4 heteroatoms. The summed E-state index contributed by atoms with van der Waals surface area (Å²) in [4.78, 5) is 0. The highest BCUT2D eigenvalue weighted by Crippen LogP contribution is 2.30. The second-order valence-corrected chi connectivity index (χ2v) is 5.97. The van der Waals surface area contributed by atoms with Gasteiger partial charge in [-0.3, -0.25) is 0 Å². The minimum absolute atomic E-state index is 0.143. The third-order valence-electron chi connectivity index (χ3n) is 3.35. The van der Waals surface area contributed by atoms with Crippen molar-refractivity contribution < 1.29 is 4.74 Å². The molecule has 2 aromatic carbocycles. The molecule has 0 bridgehead atoms. The lowest BCUT2D eigenvalue weighted by atomic mass is 10.1. The Kier molecular flexibility index (Phi) is 3.77. The van der Waals surface area contributed by atoms with Gasteiger partial charge in [-0.1, -0.05) is 40.9 Å². The van der Waals surface area contributed by atoms with E-state index in [9.17, 15) is 0 Å². The van der Waals surface area contributed by atoms with Crippen molar-refractivity contribution in [2.45, 2.75) is 19.4 Å². The van der Waals surface area contributed by atoms with Crippen LogP contribution in [-0.4, -0.2) is 12.6 Å². The fraction of sp³-hybridized carbons (Fsp3) is 0.250. The fourth-order valence-corrected chi connectivity index (χ4v) is 2.98. The highest BCUT2D eigenvalue weighted by atomic mass is 35.5. The van der Waals surface area contributed by atoms with Crippen molar-refractivity contribution in [3.8, 4) is 5.75 Å². The van der Waals surface area contributed by atoms with Crippen LogP contribution in [0.2, 0.25) is 10.0 Å². The molecule has 0 radical (unpaired) electrons. The Bertz CT molecular complexity index is 622. The monoisotopic (exact) mass is 307 g/mol. The SMILES string of the molecule is Cc1ccc2c(c1)CC(CNc1cc(Cl)cc(Cl)c1)O2. The quantitative estimate of drug-likeness (QED) is 0.886. The summed E-state index contributed by atoms with van der Waals surface area (Å²) in [5.74, 6) is 0.992. The Hall–Kier alpha value is -1.38. The van der Waals surface area contributed by atoms with E-state index in [1.807, 2.05) is 18.2 Å². The molecule has 1 aliphatic rings. The third kappa shape index (κ3) is 3.02. The zero-order chi connectivity index (χ0) is 14.1. The number of halogens is 2. The van der Waals surface area contributed by atoms with Crippen LogP contribution in [0.1, 0.15) is 11.1 Å². The van der Waals surface area contributed by atoms with Gasteiger partial charge >= 0.3 is 0 Å². The van der Waals surface area contributed by atoms with E-state index in [2.05, 4.69) is 24.4 Å². The zero-order valence-electron chi connectivity index (χ0n) is 11.1. The summed E-state index contributed by atoms with van der Waals surface area (Å²) >= 11 is 12.0. The summed E-state index contributed by atoms with van der Waals surface area (Å²) < 4.78 is 5.92. The molecule has 0 amide bonds. The number of nitrogens with one attached hydrogen (secondary N) is 1. The van der Waals surface area contributed by atoms with Crippen LogP contribution in [0.5, 0.6) is 5.75 Å². The van der Waals surface area contributed by atoms with E-state index in [0.29, 0.717) is 10.0 Å². The van der Waals surface area contributed by atoms with Gasteiger partial charge in [0.05, 0.1) is 6.54 Å². The predicted octanol–water partition coefficient (Wildman–Crippen LogP) is 4.72. The predicted molar refractivity (Wildman–Crippen MR) is 84.3 cm³/mol. The van der Waals surface area contributed by atoms with Gasteiger partial charge in [0.1, 0.15) is 11.9 Å². The summed E-state index contributed by atoms with van der Waals surface area (Å²) in [6.07, 6.45) is 1.07. The molecular formula is C16H15Cl2NO. The highest BCUT2D eigenvalue weighted by Gasteiger charge is 2.22. The van der Waals surface area contributed by atoms with Crippen molar-refractivity contribution in [3.05, 3.63) is 57.6 Å². The van der Waals surface area contributed by atoms with Crippen molar-refractivity contribution >= 4 is 28.9 Å². The van der Waals surface area contributed by atoms with Gasteiger partial charge in [0.15, 0.2) is 0 Å². The fourth-order valence-electron chi connectivity index (χ4n) is 2.45. The first kappa shape index (κ1) is 13.6. The first-order chi connectivity index (χ1) is 9.60. The van der Waals surface area contributed by atoms with Gasteiger partial charge in [0.25, 0.3) is 0 Å². The molecule has 1 heterocycles. The van der Waals surface area contributed by atoms with E-state index < -0.39 is 0 Å². The molecule has 20 heavy (non-hydrogen) atoms. The molecule has 0 saturated heterocycles. The largest absolute Gasteiger partial charge is 0.488 e. The summed E-state index contributed by atoms with van der Waals surface area (Å²) in [7, 11) is 0. The number of hydrogen-bond acceptors (Lipinski definition) is 2. The number of fused-ring (bicyclic) bond motifs is 1. The van der Waals surface area contributed by atoms with Crippen LogP contribution in [0, 0.1) is 6.92 Å². The number of rotatable bonds is 3. The van der Waals surface area contributed by atoms with Crippen LogP contribution >= 0.6 is 23.2 Å². The molecule has 1 unspecified atom stereocenters. The van der Waals surface area contributed by atoms with Crippen LogP contribution < -0.4 is 10.1 Å². The number of aryl methyl sites for hydroxylation is 1. The Balaban J connectivity index is 1.63. The second-order valence-electron chi connectivity index (χ2n) is 5.09. The molecule has 1 aliphatic heterocycles. The van der Waals surface area contributed by atoms with Gasteiger partial charge in [-0.2, -0.15) is 0 Å². The molecule has 2 nitrogen and oxygen atoms in total. The molecule has 1 N–H and O–H groups in total. The maximum Gasteiger partial charge on any atom is 0.123 e. The Morgan fingerprint density at radius 2 is 1.90 bits per heavy atom. The average Bonchev–Trinajstić information content (AvgIpc) is 2.77. The van der Waals surface area contributed by atoms with Crippen molar-refractivity contribution in [1.29, 1.82) is 0 Å². The third-order valence-corrected chi connectivity index (χ3v) is 3.79. The van der Waals surface area contributed by atoms with Crippen molar-refractivity contribution in [2.24, 2.45) is 0 Å². The van der Waals surface area contributed by atoms with Gasteiger partial charge in [0.2, 0.25) is 0 Å². The number of anilines is 1. The summed E-state index contributed by atoms with van der Waals surface area (Å²) in [6.45, 7) is 2.82. The average molecular weight is 308 g/mol. The lowest BCUT2D eigenvalue weighted by Gasteiger charge is -2.13. The van der Waals surface area contributed by atoms with Gasteiger partial charge < -0.3 is 10.1 Å². The molecule has 0 aromatic heterocycles. The molecule has 0 fully saturated rings. The van der Waals surface area contributed by atoms with Crippen molar-refractivity contribution in [3.63, 3.8) is 0 Å². The molecule has 3 rings (SSSR count). The summed E-state index contributed by atoms with van der Waals surface area (Å²) in [5.41, 5.74) is 3.46. The van der Waals surface area contributed by atoms with E-state index in [1.54, 1.807) is 6.07 Å². The van der Waals surface area contributed by atoms with Crippen LogP contribution in [0.25, 0.3) is 0 Å². The van der Waals surface area contributed by atoms with E-state index in [4.69, 9.17) is 27.9 Å². The van der Waals surface area contributed by atoms with Gasteiger partial charge in [0, 0.05) is 22.2 Å². The lowest BCUT2D eigenvalue weighted by Crippen LogP contribution is -2.23. The second kappa shape index (κ2) is 5.55. The van der Waals surface area contributed by atoms with Gasteiger partial charge in [-0.15, -0.1) is 0 Å². The number of ether oxygens (including phenoxy) is 1. The van der Waals surface area contributed by atoms with E-state index in [-0.39, 0.29) is 6.10 Å². The van der Waals surface area contributed by atoms with Crippen LogP contribution in [0.15, 0.2) is 36.4 Å². The Morgan fingerprint density at radius 1 is 1.15 bits per heavy atom. The lowest BCUT2D eigenvalue weighted by molar-refractivity contribution is 0.246. The van der Waals surface area contributed by atoms with Crippen molar-refractivity contribution in [2.75, 3.05) is 11.9 Å². The first-order valence-corrected chi connectivity index (χ1v) is 7.32. The van der Waals surface area contributed by atoms with Gasteiger partial charge in [-0.05, 0) is 36.8 Å².